The molecule has 0 saturated heterocycles. The number of rotatable bonds is 2. The van der Waals surface area contributed by atoms with Crippen molar-refractivity contribution in [2.24, 2.45) is 0 Å². The molecule has 0 aromatic heterocycles. The second-order valence-electron chi connectivity index (χ2n) is 2.19. The maximum absolute atomic E-state index is 11.6. The van der Waals surface area contributed by atoms with E-state index in [1.807, 2.05) is 6.07 Å². The molecular formula is C8H7Cl2OP. The SMILES string of the molecule is O=P(Cl)(/C=C\Cl)c1ccccc1. The highest BCUT2D eigenvalue weighted by Crippen LogP contribution is 2.51. The van der Waals surface area contributed by atoms with Gasteiger partial charge in [-0.3, -0.25) is 4.57 Å². The predicted octanol–water partition coefficient (Wildman–Crippen LogP) is 3.54. The number of halogens is 2. The third kappa shape index (κ3) is 2.38. The van der Waals surface area contributed by atoms with E-state index in [0.29, 0.717) is 5.30 Å². The Kier molecular flexibility index (Phi) is 3.39. The van der Waals surface area contributed by atoms with Crippen LogP contribution in [0.15, 0.2) is 41.7 Å². The monoisotopic (exact) mass is 220 g/mol. The van der Waals surface area contributed by atoms with E-state index in [4.69, 9.17) is 22.8 Å². The Balaban J connectivity index is 3.07. The first-order chi connectivity index (χ1) is 5.67. The summed E-state index contributed by atoms with van der Waals surface area (Å²) in [4.78, 5) is 0. The molecule has 1 rings (SSSR count). The Labute approximate surface area is 81.2 Å². The van der Waals surface area contributed by atoms with Crippen molar-refractivity contribution >= 4 is 34.6 Å². The Morgan fingerprint density at radius 2 is 1.83 bits per heavy atom. The van der Waals surface area contributed by atoms with E-state index in [2.05, 4.69) is 0 Å². The second kappa shape index (κ2) is 4.13. The van der Waals surface area contributed by atoms with Crippen LogP contribution in [0.5, 0.6) is 0 Å². The van der Waals surface area contributed by atoms with E-state index in [0.717, 1.165) is 0 Å². The topological polar surface area (TPSA) is 17.1 Å². The molecule has 1 aromatic rings. The third-order valence-corrected chi connectivity index (χ3v) is 4.12. The standard InChI is InChI=1S/C8H7Cl2OP/c9-6-7-12(10,11)8-4-2-1-3-5-8/h1-7H/b7-6-. The van der Waals surface area contributed by atoms with Crippen LogP contribution in [0.4, 0.5) is 0 Å². The summed E-state index contributed by atoms with van der Waals surface area (Å²) < 4.78 is 11.6. The van der Waals surface area contributed by atoms with Crippen LogP contribution in [0.3, 0.4) is 0 Å². The van der Waals surface area contributed by atoms with Gasteiger partial charge in [0.1, 0.15) is 0 Å². The van der Waals surface area contributed by atoms with E-state index in [-0.39, 0.29) is 0 Å². The highest BCUT2D eigenvalue weighted by atomic mass is 35.7. The van der Waals surface area contributed by atoms with Gasteiger partial charge >= 0.3 is 0 Å². The molecule has 0 bridgehead atoms. The average molecular weight is 221 g/mol. The fourth-order valence-corrected chi connectivity index (χ4v) is 2.84. The van der Waals surface area contributed by atoms with Crippen molar-refractivity contribution in [2.45, 2.75) is 0 Å². The largest absolute Gasteiger partial charge is 0.297 e. The third-order valence-electron chi connectivity index (χ3n) is 1.36. The summed E-state index contributed by atoms with van der Waals surface area (Å²) in [5.41, 5.74) is 1.18. The Hall–Kier alpha value is -0.230. The van der Waals surface area contributed by atoms with Crippen molar-refractivity contribution in [3.05, 3.63) is 41.7 Å². The van der Waals surface area contributed by atoms with Gasteiger partial charge in [-0.05, 0) is 11.2 Å². The molecule has 0 N–H and O–H groups in total. The molecule has 0 aliphatic carbocycles. The van der Waals surface area contributed by atoms with Gasteiger partial charge in [-0.1, -0.05) is 41.9 Å². The molecular weight excluding hydrogens is 214 g/mol. The predicted molar refractivity (Wildman–Crippen MR) is 54.5 cm³/mol. The molecule has 1 atom stereocenters. The summed E-state index contributed by atoms with van der Waals surface area (Å²) in [6.45, 7) is -2.89. The average Bonchev–Trinajstić information content (AvgIpc) is 2.06. The second-order valence-corrected chi connectivity index (χ2v) is 5.91. The minimum atomic E-state index is -2.89. The fraction of sp³-hybridized carbons (Fsp3) is 0. The van der Waals surface area contributed by atoms with Crippen molar-refractivity contribution in [1.82, 2.24) is 0 Å². The van der Waals surface area contributed by atoms with Crippen LogP contribution in [0, 0.1) is 0 Å². The van der Waals surface area contributed by atoms with Gasteiger partial charge in [0.05, 0.1) is 0 Å². The van der Waals surface area contributed by atoms with E-state index in [9.17, 15) is 4.57 Å². The Bertz CT molecular complexity index is 321. The molecule has 0 heterocycles. The first kappa shape index (κ1) is 9.85. The summed E-state index contributed by atoms with van der Waals surface area (Å²) in [6, 6.07) is 8.83. The summed E-state index contributed by atoms with van der Waals surface area (Å²) in [6.07, 6.45) is 0. The van der Waals surface area contributed by atoms with Crippen molar-refractivity contribution < 1.29 is 4.57 Å². The molecule has 0 radical (unpaired) electrons. The Morgan fingerprint density at radius 1 is 1.25 bits per heavy atom. The lowest BCUT2D eigenvalue weighted by atomic mass is 10.4. The summed E-state index contributed by atoms with van der Waals surface area (Å²) >= 11 is 11.0. The zero-order valence-corrected chi connectivity index (χ0v) is 8.56. The van der Waals surface area contributed by atoms with Gasteiger partial charge in [-0.2, -0.15) is 0 Å². The van der Waals surface area contributed by atoms with Gasteiger partial charge in [-0.15, -0.1) is 0 Å². The van der Waals surface area contributed by atoms with Crippen LogP contribution in [0.1, 0.15) is 0 Å². The van der Waals surface area contributed by atoms with Crippen LogP contribution in [-0.4, -0.2) is 0 Å². The van der Waals surface area contributed by atoms with Crippen LogP contribution in [-0.2, 0) is 4.57 Å². The lowest BCUT2D eigenvalue weighted by Crippen LogP contribution is -1.96. The lowest BCUT2D eigenvalue weighted by Gasteiger charge is -2.03. The van der Waals surface area contributed by atoms with E-state index < -0.39 is 6.49 Å². The molecule has 0 spiro atoms. The van der Waals surface area contributed by atoms with Gasteiger partial charge in [0, 0.05) is 16.7 Å². The fourth-order valence-electron chi connectivity index (χ4n) is 0.790. The van der Waals surface area contributed by atoms with Crippen molar-refractivity contribution in [3.8, 4) is 0 Å². The highest BCUT2D eigenvalue weighted by Gasteiger charge is 2.15. The number of hydrogen-bond donors (Lipinski definition) is 0. The molecule has 0 saturated carbocycles. The van der Waals surface area contributed by atoms with Crippen molar-refractivity contribution in [1.29, 1.82) is 0 Å². The van der Waals surface area contributed by atoms with Crippen LogP contribution >= 0.6 is 29.3 Å². The van der Waals surface area contributed by atoms with Crippen molar-refractivity contribution in [2.75, 3.05) is 0 Å². The van der Waals surface area contributed by atoms with Gasteiger partial charge in [0.15, 0.2) is 0 Å². The minimum absolute atomic E-state index is 0.601. The molecule has 0 aliphatic rings. The first-order valence-corrected chi connectivity index (χ1v) is 6.41. The van der Waals surface area contributed by atoms with E-state index in [1.165, 1.54) is 11.4 Å². The van der Waals surface area contributed by atoms with Crippen LogP contribution in [0.2, 0.25) is 0 Å². The zero-order chi connectivity index (χ0) is 9.03. The van der Waals surface area contributed by atoms with Crippen molar-refractivity contribution in [3.63, 3.8) is 0 Å². The van der Waals surface area contributed by atoms with Gasteiger partial charge in [-0.25, -0.2) is 0 Å². The highest BCUT2D eigenvalue weighted by molar-refractivity contribution is 7.97. The van der Waals surface area contributed by atoms with Crippen LogP contribution < -0.4 is 5.30 Å². The first-order valence-electron chi connectivity index (χ1n) is 3.30. The van der Waals surface area contributed by atoms with E-state index >= 15 is 0 Å². The normalized spacial score (nSPS) is 16.2. The minimum Gasteiger partial charge on any atom is -0.297 e. The molecule has 1 unspecified atom stereocenters. The maximum atomic E-state index is 11.6. The summed E-state index contributed by atoms with van der Waals surface area (Å²) in [5.74, 6) is 1.31. The summed E-state index contributed by atoms with van der Waals surface area (Å²) in [7, 11) is 0. The molecule has 0 fully saturated rings. The molecule has 0 aliphatic heterocycles. The van der Waals surface area contributed by atoms with Gasteiger partial charge < -0.3 is 0 Å². The Morgan fingerprint density at radius 3 is 2.33 bits per heavy atom. The number of benzene rings is 1. The number of hydrogen-bond acceptors (Lipinski definition) is 1. The quantitative estimate of drug-likeness (QED) is 0.698. The van der Waals surface area contributed by atoms with Gasteiger partial charge in [0.25, 0.3) is 0 Å². The molecule has 1 aromatic carbocycles. The molecule has 64 valence electrons. The lowest BCUT2D eigenvalue weighted by molar-refractivity contribution is 0.595. The van der Waals surface area contributed by atoms with E-state index in [1.54, 1.807) is 24.3 Å². The summed E-state index contributed by atoms with van der Waals surface area (Å²) in [5, 5.41) is 0.601. The molecule has 4 heteroatoms. The molecule has 0 amide bonds. The van der Waals surface area contributed by atoms with Crippen LogP contribution in [0.25, 0.3) is 0 Å². The zero-order valence-electron chi connectivity index (χ0n) is 6.15. The molecule has 12 heavy (non-hydrogen) atoms. The van der Waals surface area contributed by atoms with Gasteiger partial charge in [0.2, 0.25) is 6.49 Å². The maximum Gasteiger partial charge on any atom is 0.219 e. The molecule has 1 nitrogen and oxygen atoms in total. The smallest absolute Gasteiger partial charge is 0.219 e.